The molecule has 36 valence electrons. The lowest BCUT2D eigenvalue weighted by atomic mass is 10.4. The Morgan fingerprint density at radius 2 is 2.33 bits per heavy atom. The van der Waals surface area contributed by atoms with Gasteiger partial charge in [-0.1, -0.05) is 0 Å². The van der Waals surface area contributed by atoms with E-state index in [0.29, 0.717) is 13.1 Å². The van der Waals surface area contributed by atoms with Crippen LogP contribution in [0.15, 0.2) is 0 Å². The van der Waals surface area contributed by atoms with E-state index in [2.05, 4.69) is 10.6 Å². The van der Waals surface area contributed by atoms with E-state index in [1.54, 1.807) is 0 Å². The third-order valence-corrected chi connectivity index (χ3v) is 0.664. The van der Waals surface area contributed by atoms with Gasteiger partial charge >= 0.3 is 0 Å². The van der Waals surface area contributed by atoms with Crippen LogP contribution in [0.1, 0.15) is 4.11 Å². The van der Waals surface area contributed by atoms with Gasteiger partial charge in [-0.15, -0.1) is 0 Å². The number of piperazine rings is 1. The van der Waals surface area contributed by atoms with Crippen LogP contribution < -0.4 is 10.6 Å². The zero-order valence-electron chi connectivity index (χ0n) is 6.49. The van der Waals surface area contributed by atoms with Crippen molar-refractivity contribution in [2.75, 3.05) is 26.1 Å². The topological polar surface area (TPSA) is 24.1 Å². The molecule has 0 spiro atoms. The van der Waals surface area contributed by atoms with Crippen molar-refractivity contribution in [3.8, 4) is 0 Å². The van der Waals surface area contributed by atoms with Crippen molar-refractivity contribution in [2.24, 2.45) is 0 Å². The molecule has 1 saturated heterocycles. The highest BCUT2D eigenvalue weighted by atomic mass is 15.0. The highest BCUT2D eigenvalue weighted by Crippen LogP contribution is 1.65. The third-order valence-electron chi connectivity index (χ3n) is 0.664. The van der Waals surface area contributed by atoms with E-state index in [1.165, 1.54) is 0 Å². The van der Waals surface area contributed by atoms with Crippen molar-refractivity contribution < 1.29 is 4.11 Å². The second kappa shape index (κ2) is 2.16. The van der Waals surface area contributed by atoms with E-state index in [0.717, 1.165) is 0 Å². The predicted octanol–water partition coefficient (Wildman–Crippen LogP) is -0.821. The Kier molecular flexibility index (Phi) is 0.648. The van der Waals surface area contributed by atoms with Crippen molar-refractivity contribution in [3.05, 3.63) is 0 Å². The molecule has 0 radical (unpaired) electrons. The van der Waals surface area contributed by atoms with Gasteiger partial charge in [-0.25, -0.2) is 0 Å². The minimum atomic E-state index is -1.40. The maximum atomic E-state index is 7.13. The van der Waals surface area contributed by atoms with Crippen LogP contribution in [-0.4, -0.2) is 26.1 Å². The summed E-state index contributed by atoms with van der Waals surface area (Å²) in [4.78, 5) is 0. The Morgan fingerprint density at radius 3 is 2.83 bits per heavy atom. The molecule has 1 unspecified atom stereocenters. The largest absolute Gasteiger partial charge is 0.314 e. The molecule has 0 amide bonds. The van der Waals surface area contributed by atoms with Crippen molar-refractivity contribution >= 4 is 0 Å². The molecule has 1 rings (SSSR count). The summed E-state index contributed by atoms with van der Waals surface area (Å²) in [6.45, 7) is -1.08. The molecule has 6 heavy (non-hydrogen) atoms. The maximum absolute atomic E-state index is 7.13. The number of nitrogens with one attached hydrogen (secondary N) is 2. The van der Waals surface area contributed by atoms with Crippen LogP contribution >= 0.6 is 0 Å². The van der Waals surface area contributed by atoms with Crippen molar-refractivity contribution in [2.45, 2.75) is 0 Å². The smallest absolute Gasteiger partial charge is 0.0441 e. The van der Waals surface area contributed by atoms with E-state index in [4.69, 9.17) is 4.11 Å². The highest BCUT2D eigenvalue weighted by Gasteiger charge is 1.91. The fourth-order valence-corrected chi connectivity index (χ4v) is 0.381. The molecule has 1 atom stereocenters. The summed E-state index contributed by atoms with van der Waals surface area (Å²) in [5, 5.41) is 5.29. The number of hydrogen-bond acceptors (Lipinski definition) is 2. The summed E-state index contributed by atoms with van der Waals surface area (Å²) in [7, 11) is 0. The van der Waals surface area contributed by atoms with Crippen LogP contribution in [0, 0.1) is 0 Å². The first kappa shape index (κ1) is 1.80. The quantitative estimate of drug-likeness (QED) is 0.405. The first-order valence-electron chi connectivity index (χ1n) is 3.58. The second-order valence-electron chi connectivity index (χ2n) is 1.16. The summed E-state index contributed by atoms with van der Waals surface area (Å²) >= 11 is 0. The van der Waals surface area contributed by atoms with Crippen LogP contribution in [0.5, 0.6) is 0 Å². The van der Waals surface area contributed by atoms with Gasteiger partial charge in [-0.05, 0) is 0 Å². The summed E-state index contributed by atoms with van der Waals surface area (Å²) in [6, 6.07) is 0. The normalized spacial score (nSPS) is 52.0. The molecular weight excluding hydrogens is 76.1 g/mol. The van der Waals surface area contributed by atoms with Gasteiger partial charge in [-0.2, -0.15) is 0 Å². The Balaban J connectivity index is 2.41. The fourth-order valence-electron chi connectivity index (χ4n) is 0.381. The predicted molar refractivity (Wildman–Crippen MR) is 25.7 cm³/mol. The number of rotatable bonds is 0. The van der Waals surface area contributed by atoms with Crippen molar-refractivity contribution in [1.82, 2.24) is 10.6 Å². The summed E-state index contributed by atoms with van der Waals surface area (Å²) < 4.78 is 21.4. The first-order valence-corrected chi connectivity index (χ1v) is 2.01. The van der Waals surface area contributed by atoms with Gasteiger partial charge in [0, 0.05) is 30.2 Å². The average Bonchev–Trinajstić information content (AvgIpc) is 1.60. The Hall–Kier alpha value is -0.0800. The van der Waals surface area contributed by atoms with E-state index < -0.39 is 13.0 Å². The molecule has 1 aliphatic heterocycles. The molecule has 1 fully saturated rings. The van der Waals surface area contributed by atoms with Crippen LogP contribution in [-0.2, 0) is 0 Å². The van der Waals surface area contributed by atoms with Gasteiger partial charge in [0.1, 0.15) is 0 Å². The summed E-state index contributed by atoms with van der Waals surface area (Å²) in [5.74, 6) is 0. The van der Waals surface area contributed by atoms with E-state index in [1.807, 2.05) is 0 Å². The van der Waals surface area contributed by atoms with Gasteiger partial charge in [-0.3, -0.25) is 0 Å². The van der Waals surface area contributed by atoms with E-state index in [9.17, 15) is 0 Å². The van der Waals surface area contributed by atoms with Gasteiger partial charge < -0.3 is 10.6 Å². The van der Waals surface area contributed by atoms with Crippen molar-refractivity contribution in [1.29, 1.82) is 0 Å². The molecule has 2 N–H and O–H groups in total. The highest BCUT2D eigenvalue weighted by molar-refractivity contribution is 4.59. The second-order valence-corrected chi connectivity index (χ2v) is 1.16. The Labute approximate surface area is 42.1 Å². The molecule has 0 aromatic heterocycles. The van der Waals surface area contributed by atoms with Gasteiger partial charge in [0.2, 0.25) is 0 Å². The van der Waals surface area contributed by atoms with Crippen LogP contribution in [0.3, 0.4) is 0 Å². The molecular formula is C4H10N2. The van der Waals surface area contributed by atoms with E-state index in [-0.39, 0.29) is 0 Å². The molecule has 0 saturated carbocycles. The molecule has 2 nitrogen and oxygen atoms in total. The molecule has 0 aromatic carbocycles. The monoisotopic (exact) mass is 89.1 g/mol. The van der Waals surface area contributed by atoms with Gasteiger partial charge in [0.15, 0.2) is 0 Å². The molecule has 1 heterocycles. The molecule has 1 aliphatic rings. The summed E-state index contributed by atoms with van der Waals surface area (Å²) in [5.41, 5.74) is 0. The van der Waals surface area contributed by atoms with Gasteiger partial charge in [0.25, 0.3) is 0 Å². The Morgan fingerprint density at radius 1 is 1.33 bits per heavy atom. The zero-order valence-corrected chi connectivity index (χ0v) is 3.49. The van der Waals surface area contributed by atoms with Crippen LogP contribution in [0.4, 0.5) is 0 Å². The van der Waals surface area contributed by atoms with Crippen LogP contribution in [0.2, 0.25) is 0 Å². The third kappa shape index (κ3) is 0.954. The summed E-state index contributed by atoms with van der Waals surface area (Å²) in [6.07, 6.45) is 0. The molecule has 0 aromatic rings. The maximum Gasteiger partial charge on any atom is 0.0441 e. The lowest BCUT2D eigenvalue weighted by Crippen LogP contribution is -2.39. The molecule has 0 aliphatic carbocycles. The van der Waals surface area contributed by atoms with Crippen molar-refractivity contribution in [3.63, 3.8) is 0 Å². The average molecular weight is 89.2 g/mol. The lowest BCUT2D eigenvalue weighted by molar-refractivity contribution is 0.534. The Bertz CT molecular complexity index is 106. The first-order chi connectivity index (χ1) is 4.10. The fraction of sp³-hybridized carbons (Fsp3) is 1.00. The molecule has 0 bridgehead atoms. The van der Waals surface area contributed by atoms with Gasteiger partial charge in [0.05, 0.1) is 0 Å². The van der Waals surface area contributed by atoms with Crippen LogP contribution in [0.25, 0.3) is 0 Å². The lowest BCUT2D eigenvalue weighted by Gasteiger charge is -2.11. The van der Waals surface area contributed by atoms with E-state index >= 15 is 0 Å². The zero-order chi connectivity index (χ0) is 6.91. The standard InChI is InChI=1S/C4H10N2/c1-2-6-4-3-5-1/h5-6H,1-4H2/i1D,3D2. The molecule has 2 heteroatoms. The SMILES string of the molecule is [2H]C1CNCC([2H])([2H])N1. The minimum absolute atomic E-state index is 0.294. The number of hydrogen-bond donors (Lipinski definition) is 2. The minimum Gasteiger partial charge on any atom is -0.314 e.